The van der Waals surface area contributed by atoms with Gasteiger partial charge in [-0.1, -0.05) is 18.2 Å². The van der Waals surface area contributed by atoms with Crippen molar-refractivity contribution >= 4 is 17.2 Å². The Morgan fingerprint density at radius 3 is 2.76 bits per heavy atom. The summed E-state index contributed by atoms with van der Waals surface area (Å²) in [5.41, 5.74) is 2.26. The van der Waals surface area contributed by atoms with Gasteiger partial charge in [-0.15, -0.1) is 11.3 Å². The van der Waals surface area contributed by atoms with Crippen molar-refractivity contribution < 1.29 is 9.53 Å². The van der Waals surface area contributed by atoms with Crippen molar-refractivity contribution in [3.63, 3.8) is 0 Å². The molecule has 2 heterocycles. The zero-order valence-corrected chi connectivity index (χ0v) is 15.8. The fourth-order valence-electron chi connectivity index (χ4n) is 3.23. The van der Waals surface area contributed by atoms with E-state index in [1.165, 1.54) is 23.3 Å². The molecule has 0 radical (unpaired) electrons. The third-order valence-electron chi connectivity index (χ3n) is 4.86. The van der Waals surface area contributed by atoms with Gasteiger partial charge in [0.25, 0.3) is 5.91 Å². The van der Waals surface area contributed by atoms with Gasteiger partial charge in [0.15, 0.2) is 6.61 Å². The molecule has 1 aromatic carbocycles. The largest absolute Gasteiger partial charge is 0.483 e. The molecule has 1 N–H and O–H groups in total. The number of likely N-dealkylation sites (tertiary alicyclic amines) is 1. The average molecular weight is 359 g/mol. The van der Waals surface area contributed by atoms with E-state index in [9.17, 15) is 4.79 Å². The van der Waals surface area contributed by atoms with Crippen LogP contribution in [0.25, 0.3) is 0 Å². The molecule has 5 heteroatoms. The van der Waals surface area contributed by atoms with Gasteiger partial charge in [0, 0.05) is 11.4 Å². The summed E-state index contributed by atoms with van der Waals surface area (Å²) in [6.45, 7) is 6.97. The highest BCUT2D eigenvalue weighted by Gasteiger charge is 2.24. The van der Waals surface area contributed by atoms with Crippen LogP contribution in [-0.4, -0.2) is 37.0 Å². The fraction of sp³-hybridized carbons (Fsp3) is 0.450. The molecule has 3 rings (SSSR count). The average Bonchev–Trinajstić information content (AvgIpc) is 3.30. The van der Waals surface area contributed by atoms with E-state index in [0.717, 1.165) is 24.4 Å². The molecule has 1 aliphatic heterocycles. The van der Waals surface area contributed by atoms with Gasteiger partial charge in [-0.05, 0) is 68.4 Å². The second-order valence-electron chi connectivity index (χ2n) is 6.57. The second kappa shape index (κ2) is 8.50. The van der Waals surface area contributed by atoms with Crippen molar-refractivity contribution in [2.75, 3.05) is 26.2 Å². The lowest BCUT2D eigenvalue weighted by Gasteiger charge is -2.26. The topological polar surface area (TPSA) is 41.6 Å². The van der Waals surface area contributed by atoms with Gasteiger partial charge in [-0.2, -0.15) is 0 Å². The van der Waals surface area contributed by atoms with E-state index in [2.05, 4.69) is 27.7 Å². The van der Waals surface area contributed by atoms with Crippen LogP contribution in [0.1, 0.15) is 34.9 Å². The maximum atomic E-state index is 12.3. The van der Waals surface area contributed by atoms with Crippen LogP contribution in [-0.2, 0) is 4.79 Å². The van der Waals surface area contributed by atoms with Crippen LogP contribution in [0.3, 0.4) is 0 Å². The highest BCUT2D eigenvalue weighted by Crippen LogP contribution is 2.27. The number of benzene rings is 1. The lowest BCUT2D eigenvalue weighted by atomic mass is 10.1. The van der Waals surface area contributed by atoms with Crippen LogP contribution in [0.2, 0.25) is 0 Å². The van der Waals surface area contributed by atoms with E-state index in [1.54, 1.807) is 11.3 Å². The fourth-order valence-corrected chi connectivity index (χ4v) is 4.09. The Balaban J connectivity index is 1.54. The minimum absolute atomic E-state index is 0.0570. The lowest BCUT2D eigenvalue weighted by molar-refractivity contribution is -0.123. The molecule has 0 spiro atoms. The summed E-state index contributed by atoms with van der Waals surface area (Å²) < 4.78 is 5.70. The summed E-state index contributed by atoms with van der Waals surface area (Å²) in [6.07, 6.45) is 2.48. The van der Waals surface area contributed by atoms with Crippen molar-refractivity contribution in [1.29, 1.82) is 0 Å². The molecule has 1 aromatic heterocycles. The number of nitrogens with zero attached hydrogens (tertiary/aromatic N) is 1. The molecule has 1 unspecified atom stereocenters. The van der Waals surface area contributed by atoms with Crippen molar-refractivity contribution in [2.24, 2.45) is 0 Å². The van der Waals surface area contributed by atoms with E-state index in [-0.39, 0.29) is 18.6 Å². The molecule has 1 amide bonds. The predicted octanol–water partition coefficient (Wildman–Crippen LogP) is 3.70. The van der Waals surface area contributed by atoms with Crippen molar-refractivity contribution in [2.45, 2.75) is 32.7 Å². The predicted molar refractivity (Wildman–Crippen MR) is 102 cm³/mol. The number of aryl methyl sites for hydroxylation is 1. The van der Waals surface area contributed by atoms with E-state index in [0.29, 0.717) is 6.54 Å². The molecule has 134 valence electrons. The monoisotopic (exact) mass is 358 g/mol. The third-order valence-corrected chi connectivity index (χ3v) is 5.83. The summed E-state index contributed by atoms with van der Waals surface area (Å²) in [5, 5.41) is 5.15. The van der Waals surface area contributed by atoms with Gasteiger partial charge < -0.3 is 10.1 Å². The van der Waals surface area contributed by atoms with Gasteiger partial charge in [0.05, 0.1) is 6.04 Å². The van der Waals surface area contributed by atoms with Crippen LogP contribution in [0.15, 0.2) is 35.7 Å². The maximum Gasteiger partial charge on any atom is 0.258 e. The molecule has 1 saturated heterocycles. The number of hydrogen-bond donors (Lipinski definition) is 1. The molecule has 0 saturated carbocycles. The third kappa shape index (κ3) is 4.61. The molecular formula is C20H26N2O2S. The van der Waals surface area contributed by atoms with Crippen LogP contribution < -0.4 is 10.1 Å². The maximum absolute atomic E-state index is 12.3. The number of carbonyl (C=O) groups excluding carboxylic acids is 1. The normalized spacial score (nSPS) is 15.9. The number of thiophene rings is 1. The highest BCUT2D eigenvalue weighted by molar-refractivity contribution is 7.10. The summed E-state index contributed by atoms with van der Waals surface area (Å²) in [5.74, 6) is 0.714. The van der Waals surface area contributed by atoms with E-state index in [1.807, 2.05) is 32.0 Å². The highest BCUT2D eigenvalue weighted by atomic mass is 32.1. The van der Waals surface area contributed by atoms with Crippen LogP contribution in [0.5, 0.6) is 5.75 Å². The zero-order valence-electron chi connectivity index (χ0n) is 15.0. The van der Waals surface area contributed by atoms with E-state index in [4.69, 9.17) is 4.74 Å². The second-order valence-corrected chi connectivity index (χ2v) is 7.54. The Morgan fingerprint density at radius 1 is 1.24 bits per heavy atom. The Morgan fingerprint density at radius 2 is 2.04 bits per heavy atom. The Labute approximate surface area is 153 Å². The Hall–Kier alpha value is -1.85. The molecule has 1 fully saturated rings. The molecule has 2 aromatic rings. The minimum Gasteiger partial charge on any atom is -0.483 e. The van der Waals surface area contributed by atoms with Crippen molar-refractivity contribution in [3.05, 3.63) is 51.7 Å². The van der Waals surface area contributed by atoms with Crippen LogP contribution in [0, 0.1) is 13.8 Å². The van der Waals surface area contributed by atoms with Crippen LogP contribution >= 0.6 is 11.3 Å². The van der Waals surface area contributed by atoms with Gasteiger partial charge in [0.2, 0.25) is 0 Å². The summed E-state index contributed by atoms with van der Waals surface area (Å²) in [6, 6.07) is 10.4. The first-order valence-electron chi connectivity index (χ1n) is 8.88. The van der Waals surface area contributed by atoms with E-state index < -0.39 is 0 Å². The summed E-state index contributed by atoms with van der Waals surface area (Å²) in [4.78, 5) is 16.0. The minimum atomic E-state index is -0.0679. The number of hydrogen-bond acceptors (Lipinski definition) is 4. The number of carbonyl (C=O) groups is 1. The SMILES string of the molecule is Cc1cccc(OCC(=O)NCC(c2cccs2)N2CCCC2)c1C. The van der Waals surface area contributed by atoms with Gasteiger partial charge >= 0.3 is 0 Å². The molecule has 4 nitrogen and oxygen atoms in total. The van der Waals surface area contributed by atoms with Gasteiger partial charge in [0.1, 0.15) is 5.75 Å². The number of amides is 1. The quantitative estimate of drug-likeness (QED) is 0.821. The molecule has 0 aliphatic carbocycles. The number of nitrogens with one attached hydrogen (secondary N) is 1. The number of rotatable bonds is 7. The zero-order chi connectivity index (χ0) is 17.6. The van der Waals surface area contributed by atoms with E-state index >= 15 is 0 Å². The first kappa shape index (κ1) is 18.0. The molecule has 0 bridgehead atoms. The van der Waals surface area contributed by atoms with Gasteiger partial charge in [-0.25, -0.2) is 0 Å². The van der Waals surface area contributed by atoms with Crippen molar-refractivity contribution in [1.82, 2.24) is 10.2 Å². The van der Waals surface area contributed by atoms with Crippen molar-refractivity contribution in [3.8, 4) is 5.75 Å². The summed E-state index contributed by atoms with van der Waals surface area (Å²) >= 11 is 1.76. The van der Waals surface area contributed by atoms with Gasteiger partial charge in [-0.3, -0.25) is 9.69 Å². The Kier molecular flexibility index (Phi) is 6.10. The lowest BCUT2D eigenvalue weighted by Crippen LogP contribution is -2.38. The molecule has 1 atom stereocenters. The molecule has 1 aliphatic rings. The number of ether oxygens (including phenoxy) is 1. The first-order chi connectivity index (χ1) is 12.1. The standard InChI is InChI=1S/C20H26N2O2S/c1-15-7-5-8-18(16(15)2)24-14-20(23)21-13-17(19-9-6-12-25-19)22-10-3-4-11-22/h5-9,12,17H,3-4,10-11,13-14H2,1-2H3,(H,21,23). The first-order valence-corrected chi connectivity index (χ1v) is 9.76. The smallest absolute Gasteiger partial charge is 0.258 e. The Bertz CT molecular complexity index is 694. The molecular weight excluding hydrogens is 332 g/mol. The molecule has 25 heavy (non-hydrogen) atoms. The van der Waals surface area contributed by atoms with Crippen LogP contribution in [0.4, 0.5) is 0 Å². The summed E-state index contributed by atoms with van der Waals surface area (Å²) in [7, 11) is 0.